The van der Waals surface area contributed by atoms with Crippen molar-refractivity contribution in [2.75, 3.05) is 13.1 Å². The number of nitrogens with two attached hydrogens (primary N) is 1. The first-order valence-corrected chi connectivity index (χ1v) is 6.07. The Morgan fingerprint density at radius 3 is 2.25 bits per heavy atom. The first-order chi connectivity index (χ1) is 7.29. The van der Waals surface area contributed by atoms with Gasteiger partial charge in [-0.1, -0.05) is 0 Å². The van der Waals surface area contributed by atoms with Gasteiger partial charge in [-0.25, -0.2) is 0 Å². The SMILES string of the molecule is CC(C)(C)NC(=O)C1CCN(C(N)=S)CC1. The number of hydrogen-bond donors (Lipinski definition) is 2. The Labute approximate surface area is 103 Å². The van der Waals surface area contributed by atoms with Crippen molar-refractivity contribution in [3.63, 3.8) is 0 Å². The van der Waals surface area contributed by atoms with E-state index in [1.54, 1.807) is 0 Å². The van der Waals surface area contributed by atoms with Crippen LogP contribution in [0.2, 0.25) is 0 Å². The first-order valence-electron chi connectivity index (χ1n) is 5.66. The highest BCUT2D eigenvalue weighted by molar-refractivity contribution is 7.80. The standard InChI is InChI=1S/C11H21N3OS/c1-11(2,3)13-9(15)8-4-6-14(7-5-8)10(12)16/h8H,4-7H2,1-3H3,(H2,12,16)(H,13,15). The molecule has 1 amide bonds. The van der Waals surface area contributed by atoms with E-state index >= 15 is 0 Å². The van der Waals surface area contributed by atoms with Gasteiger partial charge in [-0.15, -0.1) is 0 Å². The summed E-state index contributed by atoms with van der Waals surface area (Å²) in [6.07, 6.45) is 1.67. The molecule has 0 spiro atoms. The van der Waals surface area contributed by atoms with Crippen LogP contribution in [0.3, 0.4) is 0 Å². The molecule has 0 radical (unpaired) electrons. The van der Waals surface area contributed by atoms with Gasteiger partial charge in [0.05, 0.1) is 0 Å². The topological polar surface area (TPSA) is 58.4 Å². The molecule has 0 bridgehead atoms. The zero-order valence-electron chi connectivity index (χ0n) is 10.2. The van der Waals surface area contributed by atoms with E-state index in [9.17, 15) is 4.79 Å². The molecule has 0 atom stereocenters. The number of carbonyl (C=O) groups excluding carboxylic acids is 1. The van der Waals surface area contributed by atoms with Gasteiger partial charge >= 0.3 is 0 Å². The van der Waals surface area contributed by atoms with E-state index in [1.165, 1.54) is 0 Å². The molecule has 4 nitrogen and oxygen atoms in total. The van der Waals surface area contributed by atoms with Gasteiger partial charge in [0.2, 0.25) is 5.91 Å². The average Bonchev–Trinajstić information content (AvgIpc) is 2.15. The van der Waals surface area contributed by atoms with Crippen LogP contribution in [0.15, 0.2) is 0 Å². The third kappa shape index (κ3) is 3.96. The van der Waals surface area contributed by atoms with Crippen molar-refractivity contribution in [2.45, 2.75) is 39.2 Å². The monoisotopic (exact) mass is 243 g/mol. The largest absolute Gasteiger partial charge is 0.376 e. The second-order valence-corrected chi connectivity index (χ2v) is 5.76. The summed E-state index contributed by atoms with van der Waals surface area (Å²) in [5.74, 6) is 0.250. The molecular formula is C11H21N3OS. The summed E-state index contributed by atoms with van der Waals surface area (Å²) < 4.78 is 0. The van der Waals surface area contributed by atoms with Crippen molar-refractivity contribution in [2.24, 2.45) is 11.7 Å². The number of rotatable bonds is 1. The fourth-order valence-electron chi connectivity index (χ4n) is 1.83. The maximum absolute atomic E-state index is 11.9. The Morgan fingerprint density at radius 1 is 1.38 bits per heavy atom. The second-order valence-electron chi connectivity index (χ2n) is 5.34. The summed E-state index contributed by atoms with van der Waals surface area (Å²) in [5.41, 5.74) is 5.39. The Morgan fingerprint density at radius 2 is 1.88 bits per heavy atom. The van der Waals surface area contributed by atoms with Gasteiger partial charge in [0.25, 0.3) is 0 Å². The van der Waals surface area contributed by atoms with Crippen LogP contribution in [0, 0.1) is 5.92 Å². The van der Waals surface area contributed by atoms with Gasteiger partial charge in [-0.2, -0.15) is 0 Å². The molecule has 0 aliphatic carbocycles. The molecule has 16 heavy (non-hydrogen) atoms. The fourth-order valence-corrected chi connectivity index (χ4v) is 2.02. The lowest BCUT2D eigenvalue weighted by atomic mass is 9.95. The molecule has 92 valence electrons. The molecule has 0 unspecified atom stereocenters. The number of hydrogen-bond acceptors (Lipinski definition) is 2. The van der Waals surface area contributed by atoms with E-state index in [1.807, 2.05) is 25.7 Å². The van der Waals surface area contributed by atoms with Crippen LogP contribution < -0.4 is 11.1 Å². The van der Waals surface area contributed by atoms with E-state index in [2.05, 4.69) is 5.32 Å². The summed E-state index contributed by atoms with van der Waals surface area (Å²) in [6.45, 7) is 7.56. The van der Waals surface area contributed by atoms with Crippen molar-refractivity contribution in [3.8, 4) is 0 Å². The number of nitrogens with zero attached hydrogens (tertiary/aromatic N) is 1. The van der Waals surface area contributed by atoms with Crippen molar-refractivity contribution in [1.29, 1.82) is 0 Å². The summed E-state index contributed by atoms with van der Waals surface area (Å²) in [5, 5.41) is 3.45. The van der Waals surface area contributed by atoms with Crippen LogP contribution in [0.4, 0.5) is 0 Å². The van der Waals surface area contributed by atoms with Crippen LogP contribution in [0.5, 0.6) is 0 Å². The van der Waals surface area contributed by atoms with E-state index in [0.29, 0.717) is 5.11 Å². The van der Waals surface area contributed by atoms with E-state index in [-0.39, 0.29) is 17.4 Å². The van der Waals surface area contributed by atoms with Crippen LogP contribution in [-0.4, -0.2) is 34.5 Å². The maximum atomic E-state index is 11.9. The lowest BCUT2D eigenvalue weighted by Crippen LogP contribution is -2.48. The van der Waals surface area contributed by atoms with Gasteiger partial charge in [0.1, 0.15) is 0 Å². The predicted octanol–water partition coefficient (Wildman–Crippen LogP) is 0.857. The van der Waals surface area contributed by atoms with Crippen LogP contribution in [0.25, 0.3) is 0 Å². The third-order valence-electron chi connectivity index (χ3n) is 2.68. The molecule has 1 aliphatic heterocycles. The Bertz CT molecular complexity index is 277. The van der Waals surface area contributed by atoms with Crippen molar-refractivity contribution < 1.29 is 4.79 Å². The number of carbonyl (C=O) groups is 1. The van der Waals surface area contributed by atoms with Crippen molar-refractivity contribution >= 4 is 23.2 Å². The predicted molar refractivity (Wildman–Crippen MR) is 69.0 cm³/mol. The molecule has 0 aromatic carbocycles. The summed E-state index contributed by atoms with van der Waals surface area (Å²) in [7, 11) is 0. The molecule has 5 heteroatoms. The number of piperidine rings is 1. The molecule has 1 heterocycles. The Hall–Kier alpha value is -0.840. The van der Waals surface area contributed by atoms with Gasteiger partial charge < -0.3 is 16.0 Å². The van der Waals surface area contributed by atoms with Gasteiger partial charge in [0.15, 0.2) is 5.11 Å². The summed E-state index contributed by atoms with van der Waals surface area (Å²) in [6, 6.07) is 0. The zero-order chi connectivity index (χ0) is 12.3. The lowest BCUT2D eigenvalue weighted by Gasteiger charge is -2.33. The summed E-state index contributed by atoms with van der Waals surface area (Å²) in [4.78, 5) is 13.9. The number of thiocarbonyl (C=S) groups is 1. The van der Waals surface area contributed by atoms with Crippen LogP contribution in [0.1, 0.15) is 33.6 Å². The minimum absolute atomic E-state index is 0.102. The van der Waals surface area contributed by atoms with E-state index in [0.717, 1.165) is 25.9 Å². The second kappa shape index (κ2) is 4.99. The van der Waals surface area contributed by atoms with Crippen LogP contribution >= 0.6 is 12.2 Å². The van der Waals surface area contributed by atoms with Crippen molar-refractivity contribution in [1.82, 2.24) is 10.2 Å². The number of likely N-dealkylation sites (tertiary alicyclic amines) is 1. The molecule has 3 N–H and O–H groups in total. The highest BCUT2D eigenvalue weighted by atomic mass is 32.1. The van der Waals surface area contributed by atoms with E-state index < -0.39 is 0 Å². The van der Waals surface area contributed by atoms with E-state index in [4.69, 9.17) is 18.0 Å². The first kappa shape index (κ1) is 13.2. The Kier molecular flexibility index (Phi) is 4.13. The fraction of sp³-hybridized carbons (Fsp3) is 0.818. The normalized spacial score (nSPS) is 18.3. The molecule has 0 aromatic heterocycles. The molecule has 1 aliphatic rings. The molecule has 0 saturated carbocycles. The van der Waals surface area contributed by atoms with Gasteiger partial charge in [-0.05, 0) is 45.8 Å². The quantitative estimate of drug-likeness (QED) is 0.671. The van der Waals surface area contributed by atoms with Crippen molar-refractivity contribution in [3.05, 3.63) is 0 Å². The molecule has 0 aromatic rings. The highest BCUT2D eigenvalue weighted by Gasteiger charge is 2.27. The lowest BCUT2D eigenvalue weighted by molar-refractivity contribution is -0.127. The Balaban J connectivity index is 2.42. The number of amides is 1. The highest BCUT2D eigenvalue weighted by Crippen LogP contribution is 2.18. The summed E-state index contributed by atoms with van der Waals surface area (Å²) >= 11 is 4.91. The average molecular weight is 243 g/mol. The third-order valence-corrected chi connectivity index (χ3v) is 2.93. The maximum Gasteiger partial charge on any atom is 0.223 e. The molecule has 1 fully saturated rings. The molecule has 1 rings (SSSR count). The van der Waals surface area contributed by atoms with Gasteiger partial charge in [-0.3, -0.25) is 4.79 Å². The number of nitrogens with one attached hydrogen (secondary N) is 1. The zero-order valence-corrected chi connectivity index (χ0v) is 11.1. The van der Waals surface area contributed by atoms with Crippen LogP contribution in [-0.2, 0) is 4.79 Å². The minimum atomic E-state index is -0.155. The minimum Gasteiger partial charge on any atom is -0.376 e. The molecule has 1 saturated heterocycles. The molecular weight excluding hydrogens is 222 g/mol. The van der Waals surface area contributed by atoms with Gasteiger partial charge in [0, 0.05) is 24.5 Å². The smallest absolute Gasteiger partial charge is 0.223 e.